The molecule has 0 aromatic heterocycles. The van der Waals surface area contributed by atoms with Crippen LogP contribution in [0.4, 0.5) is 5.69 Å². The summed E-state index contributed by atoms with van der Waals surface area (Å²) >= 11 is 18.4. The zero-order valence-corrected chi connectivity index (χ0v) is 20.1. The van der Waals surface area contributed by atoms with Gasteiger partial charge < -0.3 is 9.50 Å². The summed E-state index contributed by atoms with van der Waals surface area (Å²) in [6.07, 6.45) is 1.25. The summed E-state index contributed by atoms with van der Waals surface area (Å²) in [4.78, 5) is 12.4. The first-order valence-corrected chi connectivity index (χ1v) is 11.8. The van der Waals surface area contributed by atoms with Crippen LogP contribution in [0.5, 0.6) is 5.75 Å². The molecule has 3 rings (SSSR count). The standard InChI is InChI=1S/C23H15Cl3N2O4S/c1-14-6-8-17(9-7-14)33(30,31)32-22-19(25)11-15(12-20(22)26)10-16(13-27)23(29)28-21-5-3-2-4-18(21)24/h2-12H,1H3,(H,28,29)/b16-10+. The number of rotatable bonds is 6. The van der Waals surface area contributed by atoms with Gasteiger partial charge in [-0.3, -0.25) is 4.79 Å². The third-order valence-electron chi connectivity index (χ3n) is 4.32. The zero-order valence-electron chi connectivity index (χ0n) is 17.0. The number of amides is 1. The van der Waals surface area contributed by atoms with Gasteiger partial charge in [0.25, 0.3) is 5.91 Å². The summed E-state index contributed by atoms with van der Waals surface area (Å²) in [6.45, 7) is 1.82. The molecule has 33 heavy (non-hydrogen) atoms. The van der Waals surface area contributed by atoms with E-state index in [-0.39, 0.29) is 31.8 Å². The maximum atomic E-state index is 12.6. The van der Waals surface area contributed by atoms with Crippen LogP contribution in [-0.4, -0.2) is 14.3 Å². The normalized spacial score (nSPS) is 11.5. The number of nitrogens with zero attached hydrogens (tertiary/aromatic N) is 1. The molecule has 3 aromatic carbocycles. The van der Waals surface area contributed by atoms with Gasteiger partial charge >= 0.3 is 10.1 Å². The Bertz CT molecular complexity index is 1370. The van der Waals surface area contributed by atoms with Gasteiger partial charge in [-0.1, -0.05) is 64.6 Å². The van der Waals surface area contributed by atoms with E-state index in [9.17, 15) is 18.5 Å². The molecule has 0 radical (unpaired) electrons. The van der Waals surface area contributed by atoms with Gasteiger partial charge in [0.1, 0.15) is 16.5 Å². The molecule has 168 valence electrons. The van der Waals surface area contributed by atoms with Gasteiger partial charge in [-0.25, -0.2) is 0 Å². The number of nitriles is 1. The van der Waals surface area contributed by atoms with Crippen LogP contribution in [0.3, 0.4) is 0 Å². The number of halogens is 3. The summed E-state index contributed by atoms with van der Waals surface area (Å²) in [7, 11) is -4.18. The largest absolute Gasteiger partial charge is 0.376 e. The molecule has 0 unspecified atom stereocenters. The summed E-state index contributed by atoms with van der Waals surface area (Å²) < 4.78 is 30.3. The number of hydrogen-bond donors (Lipinski definition) is 1. The number of benzene rings is 3. The highest BCUT2D eigenvalue weighted by Crippen LogP contribution is 2.37. The molecule has 0 aliphatic rings. The summed E-state index contributed by atoms with van der Waals surface area (Å²) in [5, 5.41) is 12.0. The molecule has 3 aromatic rings. The van der Waals surface area contributed by atoms with Crippen molar-refractivity contribution < 1.29 is 17.4 Å². The average Bonchev–Trinajstić information content (AvgIpc) is 2.76. The van der Waals surface area contributed by atoms with Crippen molar-refractivity contribution >= 4 is 62.6 Å². The van der Waals surface area contributed by atoms with E-state index in [0.717, 1.165) is 5.56 Å². The number of nitrogens with one attached hydrogen (secondary N) is 1. The minimum atomic E-state index is -4.18. The zero-order chi connectivity index (χ0) is 24.2. The second-order valence-corrected chi connectivity index (χ2v) is 9.54. The van der Waals surface area contributed by atoms with E-state index >= 15 is 0 Å². The fourth-order valence-electron chi connectivity index (χ4n) is 2.67. The molecule has 10 heteroatoms. The summed E-state index contributed by atoms with van der Waals surface area (Å²) in [5.41, 5.74) is 1.26. The van der Waals surface area contributed by atoms with E-state index in [2.05, 4.69) is 5.32 Å². The predicted molar refractivity (Wildman–Crippen MR) is 129 cm³/mol. The topological polar surface area (TPSA) is 96.3 Å². The van der Waals surface area contributed by atoms with Crippen molar-refractivity contribution in [1.29, 1.82) is 5.26 Å². The van der Waals surface area contributed by atoms with Crippen LogP contribution in [0.15, 0.2) is 71.1 Å². The Labute approximate surface area is 206 Å². The molecular weight excluding hydrogens is 507 g/mol. The lowest BCUT2D eigenvalue weighted by Gasteiger charge is -2.11. The third-order valence-corrected chi connectivity index (χ3v) is 6.45. The van der Waals surface area contributed by atoms with Crippen molar-refractivity contribution in [2.75, 3.05) is 5.32 Å². The summed E-state index contributed by atoms with van der Waals surface area (Å²) in [5.74, 6) is -0.963. The van der Waals surface area contributed by atoms with Crippen molar-refractivity contribution in [3.8, 4) is 11.8 Å². The van der Waals surface area contributed by atoms with Gasteiger partial charge in [-0.15, -0.1) is 0 Å². The monoisotopic (exact) mass is 520 g/mol. The molecule has 0 bridgehead atoms. The number of aryl methyl sites for hydroxylation is 1. The van der Waals surface area contributed by atoms with Gasteiger partial charge in [0, 0.05) is 0 Å². The van der Waals surface area contributed by atoms with Crippen LogP contribution in [0.25, 0.3) is 6.08 Å². The Morgan fingerprint density at radius 1 is 1.00 bits per heavy atom. The smallest absolute Gasteiger partial charge is 0.339 e. The number of para-hydroxylation sites is 1. The maximum absolute atomic E-state index is 12.6. The fraction of sp³-hybridized carbons (Fsp3) is 0.0435. The third kappa shape index (κ3) is 6.06. The predicted octanol–water partition coefficient (Wildman–Crippen LogP) is 6.27. The number of anilines is 1. The van der Waals surface area contributed by atoms with Gasteiger partial charge in [-0.05, 0) is 55.0 Å². The highest BCUT2D eigenvalue weighted by atomic mass is 35.5. The van der Waals surface area contributed by atoms with Crippen molar-refractivity contribution in [3.05, 3.63) is 92.4 Å². The van der Waals surface area contributed by atoms with Gasteiger partial charge in [-0.2, -0.15) is 13.7 Å². The minimum Gasteiger partial charge on any atom is -0.376 e. The van der Waals surface area contributed by atoms with Crippen LogP contribution in [0.1, 0.15) is 11.1 Å². The first kappa shape index (κ1) is 24.6. The minimum absolute atomic E-state index is 0.0628. The first-order valence-electron chi connectivity index (χ1n) is 9.28. The molecule has 0 heterocycles. The van der Waals surface area contributed by atoms with Crippen molar-refractivity contribution in [1.82, 2.24) is 0 Å². The highest BCUT2D eigenvalue weighted by molar-refractivity contribution is 7.87. The Morgan fingerprint density at radius 2 is 1.61 bits per heavy atom. The number of carbonyl (C=O) groups is 1. The molecule has 1 amide bonds. The molecule has 0 aliphatic carbocycles. The van der Waals surface area contributed by atoms with E-state index < -0.39 is 16.0 Å². The second kappa shape index (κ2) is 10.3. The van der Waals surface area contributed by atoms with Gasteiger partial charge in [0.05, 0.1) is 20.8 Å². The van der Waals surface area contributed by atoms with Gasteiger partial charge in [0.2, 0.25) is 0 Å². The molecule has 0 atom stereocenters. The van der Waals surface area contributed by atoms with Crippen molar-refractivity contribution in [2.45, 2.75) is 11.8 Å². The quantitative estimate of drug-likeness (QED) is 0.234. The molecular formula is C23H15Cl3N2O4S. The molecule has 6 nitrogen and oxygen atoms in total. The van der Waals surface area contributed by atoms with E-state index in [1.807, 2.05) is 6.92 Å². The van der Waals surface area contributed by atoms with Crippen LogP contribution < -0.4 is 9.50 Å². The maximum Gasteiger partial charge on any atom is 0.339 e. The molecule has 0 aliphatic heterocycles. The molecule has 0 fully saturated rings. The Balaban J connectivity index is 1.87. The van der Waals surface area contributed by atoms with Crippen LogP contribution in [0, 0.1) is 18.3 Å². The van der Waals surface area contributed by atoms with E-state index in [1.165, 1.54) is 30.3 Å². The van der Waals surface area contributed by atoms with Crippen LogP contribution in [0.2, 0.25) is 15.1 Å². The lowest BCUT2D eigenvalue weighted by atomic mass is 10.1. The van der Waals surface area contributed by atoms with Crippen LogP contribution in [-0.2, 0) is 14.9 Å². The molecule has 0 saturated heterocycles. The van der Waals surface area contributed by atoms with E-state index in [4.69, 9.17) is 39.0 Å². The number of carbonyl (C=O) groups excluding carboxylic acids is 1. The summed E-state index contributed by atoms with van der Waals surface area (Å²) in [6, 6.07) is 17.1. The molecule has 0 saturated carbocycles. The SMILES string of the molecule is Cc1ccc(S(=O)(=O)Oc2c(Cl)cc(/C=C(\C#N)C(=O)Nc3ccccc3Cl)cc2Cl)cc1. The van der Waals surface area contributed by atoms with Crippen molar-refractivity contribution in [2.24, 2.45) is 0 Å². The fourth-order valence-corrected chi connectivity index (χ4v) is 4.49. The lowest BCUT2D eigenvalue weighted by molar-refractivity contribution is -0.112. The highest BCUT2D eigenvalue weighted by Gasteiger charge is 2.21. The molecule has 0 spiro atoms. The Hall–Kier alpha value is -3.02. The second-order valence-electron chi connectivity index (χ2n) is 6.77. The first-order chi connectivity index (χ1) is 15.6. The van der Waals surface area contributed by atoms with Crippen molar-refractivity contribution in [3.63, 3.8) is 0 Å². The van der Waals surface area contributed by atoms with E-state index in [0.29, 0.717) is 10.7 Å². The number of hydrogen-bond acceptors (Lipinski definition) is 5. The average molecular weight is 522 g/mol. The lowest BCUT2D eigenvalue weighted by Crippen LogP contribution is -2.13. The Kier molecular flexibility index (Phi) is 7.67. The Morgan fingerprint density at radius 3 is 2.18 bits per heavy atom. The van der Waals surface area contributed by atoms with Gasteiger partial charge in [0.15, 0.2) is 5.75 Å². The van der Waals surface area contributed by atoms with Crippen LogP contribution >= 0.6 is 34.8 Å². The van der Waals surface area contributed by atoms with E-state index in [1.54, 1.807) is 42.5 Å². The molecule has 1 N–H and O–H groups in total.